The molecule has 0 aliphatic carbocycles. The molecule has 0 aliphatic rings. The van der Waals surface area contributed by atoms with Crippen molar-refractivity contribution in [3.63, 3.8) is 0 Å². The Kier molecular flexibility index (Phi) is 7.40. The molecule has 0 spiro atoms. The Balaban J connectivity index is 1.35. The number of ether oxygens (including phenoxy) is 1. The van der Waals surface area contributed by atoms with E-state index < -0.39 is 5.91 Å². The Hall–Kier alpha value is -3.00. The molecule has 0 atom stereocenters. The minimum Gasteiger partial charge on any atom is -0.471 e. The molecule has 182 valence electrons. The van der Waals surface area contributed by atoms with Crippen LogP contribution in [0.4, 0.5) is 5.82 Å². The first kappa shape index (κ1) is 25.1. The third-order valence-electron chi connectivity index (χ3n) is 5.23. The standard InChI is InChI=1S/C25H24Cl3N5O2/c1-25(2,3)17-5-7-18(8-6-17)35-15-32-11-10-22(30-32)24(34)29-23-21(28)14-33(31-23)13-16-4-9-19(26)20(27)12-16/h4-12,14H,13,15H2,1-3H3,(H,29,31,34). The van der Waals surface area contributed by atoms with Crippen molar-refractivity contribution in [2.45, 2.75) is 39.5 Å². The Bertz CT molecular complexity index is 1340. The highest BCUT2D eigenvalue weighted by Crippen LogP contribution is 2.26. The summed E-state index contributed by atoms with van der Waals surface area (Å²) >= 11 is 18.3. The quantitative estimate of drug-likeness (QED) is 0.288. The summed E-state index contributed by atoms with van der Waals surface area (Å²) in [6.45, 7) is 7.06. The number of rotatable bonds is 7. The maximum Gasteiger partial charge on any atom is 0.277 e. The molecule has 2 aromatic carbocycles. The number of nitrogens with one attached hydrogen (secondary N) is 1. The fourth-order valence-electron chi connectivity index (χ4n) is 3.31. The van der Waals surface area contributed by atoms with Crippen molar-refractivity contribution in [1.29, 1.82) is 0 Å². The van der Waals surface area contributed by atoms with E-state index >= 15 is 0 Å². The van der Waals surface area contributed by atoms with E-state index in [2.05, 4.69) is 36.3 Å². The summed E-state index contributed by atoms with van der Waals surface area (Å²) in [5.74, 6) is 0.528. The zero-order chi connectivity index (χ0) is 25.2. The zero-order valence-corrected chi connectivity index (χ0v) is 21.7. The average Bonchev–Trinajstić information content (AvgIpc) is 3.41. The summed E-state index contributed by atoms with van der Waals surface area (Å²) in [5.41, 5.74) is 2.40. The van der Waals surface area contributed by atoms with E-state index in [1.807, 2.05) is 30.3 Å². The monoisotopic (exact) mass is 531 g/mol. The minimum atomic E-state index is -0.431. The fourth-order valence-corrected chi connectivity index (χ4v) is 3.82. The van der Waals surface area contributed by atoms with Gasteiger partial charge in [0.1, 0.15) is 10.8 Å². The predicted octanol–water partition coefficient (Wildman–Crippen LogP) is 6.67. The maximum absolute atomic E-state index is 12.7. The van der Waals surface area contributed by atoms with Gasteiger partial charge in [-0.3, -0.25) is 9.48 Å². The van der Waals surface area contributed by atoms with Crippen LogP contribution in [0.5, 0.6) is 5.75 Å². The number of carbonyl (C=O) groups is 1. The Morgan fingerprint density at radius 2 is 1.69 bits per heavy atom. The topological polar surface area (TPSA) is 74.0 Å². The second kappa shape index (κ2) is 10.3. The van der Waals surface area contributed by atoms with Gasteiger partial charge in [0, 0.05) is 12.4 Å². The van der Waals surface area contributed by atoms with E-state index in [-0.39, 0.29) is 23.7 Å². The smallest absolute Gasteiger partial charge is 0.277 e. The summed E-state index contributed by atoms with van der Waals surface area (Å²) in [5, 5.41) is 12.6. The SMILES string of the molecule is CC(C)(C)c1ccc(OCn2ccc(C(=O)Nc3nn(Cc4ccc(Cl)c(Cl)c4)cc3Cl)n2)cc1. The lowest BCUT2D eigenvalue weighted by molar-refractivity contribution is 0.101. The zero-order valence-electron chi connectivity index (χ0n) is 19.4. The van der Waals surface area contributed by atoms with Gasteiger partial charge in [0.15, 0.2) is 18.2 Å². The lowest BCUT2D eigenvalue weighted by atomic mass is 9.87. The van der Waals surface area contributed by atoms with E-state index in [0.717, 1.165) is 11.3 Å². The van der Waals surface area contributed by atoms with Gasteiger partial charge in [-0.25, -0.2) is 4.68 Å². The second-order valence-corrected chi connectivity index (χ2v) is 10.2. The van der Waals surface area contributed by atoms with Crippen LogP contribution in [0.25, 0.3) is 0 Å². The Morgan fingerprint density at radius 3 is 2.37 bits per heavy atom. The number of nitrogens with zero attached hydrogens (tertiary/aromatic N) is 4. The van der Waals surface area contributed by atoms with Crippen LogP contribution in [-0.2, 0) is 18.7 Å². The van der Waals surface area contributed by atoms with Crippen molar-refractivity contribution in [3.8, 4) is 5.75 Å². The minimum absolute atomic E-state index is 0.0745. The molecule has 10 heteroatoms. The molecule has 0 saturated heterocycles. The Morgan fingerprint density at radius 1 is 0.943 bits per heavy atom. The van der Waals surface area contributed by atoms with Crippen LogP contribution in [-0.4, -0.2) is 25.5 Å². The molecule has 0 unspecified atom stereocenters. The molecule has 4 aromatic rings. The molecule has 2 heterocycles. The molecule has 0 aliphatic heterocycles. The molecule has 0 radical (unpaired) electrons. The van der Waals surface area contributed by atoms with Crippen molar-refractivity contribution >= 4 is 46.5 Å². The van der Waals surface area contributed by atoms with E-state index in [0.29, 0.717) is 21.6 Å². The second-order valence-electron chi connectivity index (χ2n) is 9.01. The first-order valence-electron chi connectivity index (χ1n) is 10.8. The lowest BCUT2D eigenvalue weighted by Gasteiger charge is -2.19. The van der Waals surface area contributed by atoms with Gasteiger partial charge < -0.3 is 10.1 Å². The third-order valence-corrected chi connectivity index (χ3v) is 6.25. The van der Waals surface area contributed by atoms with Crippen LogP contribution in [0.3, 0.4) is 0 Å². The molecule has 0 bridgehead atoms. The molecule has 2 aromatic heterocycles. The van der Waals surface area contributed by atoms with Crippen molar-refractivity contribution in [3.05, 3.63) is 92.8 Å². The summed E-state index contributed by atoms with van der Waals surface area (Å²) in [6.07, 6.45) is 3.29. The van der Waals surface area contributed by atoms with E-state index in [1.54, 1.807) is 35.3 Å². The lowest BCUT2D eigenvalue weighted by Crippen LogP contribution is -2.15. The highest BCUT2D eigenvalue weighted by Gasteiger charge is 2.16. The molecule has 0 fully saturated rings. The van der Waals surface area contributed by atoms with Crippen LogP contribution in [0, 0.1) is 0 Å². The normalized spacial score (nSPS) is 11.5. The molecule has 1 N–H and O–H groups in total. The van der Waals surface area contributed by atoms with Crippen molar-refractivity contribution < 1.29 is 9.53 Å². The number of aromatic nitrogens is 4. The van der Waals surface area contributed by atoms with Gasteiger partial charge in [-0.2, -0.15) is 10.2 Å². The first-order valence-corrected chi connectivity index (χ1v) is 12.0. The summed E-state index contributed by atoms with van der Waals surface area (Å²) < 4.78 is 8.92. The van der Waals surface area contributed by atoms with Gasteiger partial charge in [-0.1, -0.05) is 73.8 Å². The van der Waals surface area contributed by atoms with E-state index in [4.69, 9.17) is 39.5 Å². The molecule has 1 amide bonds. The molecule has 0 saturated carbocycles. The van der Waals surface area contributed by atoms with Crippen LogP contribution in [0.2, 0.25) is 15.1 Å². The van der Waals surface area contributed by atoms with E-state index in [9.17, 15) is 4.79 Å². The van der Waals surface area contributed by atoms with Gasteiger partial charge in [0.05, 0.1) is 16.6 Å². The molecular formula is C25H24Cl3N5O2. The van der Waals surface area contributed by atoms with Gasteiger partial charge in [-0.05, 0) is 46.9 Å². The molecule has 35 heavy (non-hydrogen) atoms. The van der Waals surface area contributed by atoms with Crippen molar-refractivity contribution in [2.75, 3.05) is 5.32 Å². The van der Waals surface area contributed by atoms with Crippen molar-refractivity contribution in [2.24, 2.45) is 0 Å². The predicted molar refractivity (Wildman–Crippen MR) is 139 cm³/mol. The largest absolute Gasteiger partial charge is 0.471 e. The molecule has 7 nitrogen and oxygen atoms in total. The highest BCUT2D eigenvalue weighted by molar-refractivity contribution is 6.42. The number of hydrogen-bond acceptors (Lipinski definition) is 4. The maximum atomic E-state index is 12.7. The number of hydrogen-bond donors (Lipinski definition) is 1. The highest BCUT2D eigenvalue weighted by atomic mass is 35.5. The van der Waals surface area contributed by atoms with Gasteiger partial charge in [-0.15, -0.1) is 0 Å². The van der Waals surface area contributed by atoms with E-state index in [1.165, 1.54) is 10.2 Å². The summed E-state index contributed by atoms with van der Waals surface area (Å²) in [7, 11) is 0. The van der Waals surface area contributed by atoms with Crippen molar-refractivity contribution in [1.82, 2.24) is 19.6 Å². The third kappa shape index (κ3) is 6.36. The van der Waals surface area contributed by atoms with Gasteiger partial charge >= 0.3 is 0 Å². The average molecular weight is 533 g/mol. The number of anilines is 1. The van der Waals surface area contributed by atoms with Gasteiger partial charge in [0.25, 0.3) is 5.91 Å². The number of benzene rings is 2. The van der Waals surface area contributed by atoms with Crippen LogP contribution in [0.1, 0.15) is 42.4 Å². The number of carbonyl (C=O) groups excluding carboxylic acids is 1. The summed E-state index contributed by atoms with van der Waals surface area (Å²) in [6, 6.07) is 14.8. The first-order chi connectivity index (χ1) is 16.6. The number of amides is 1. The molecule has 4 rings (SSSR count). The van der Waals surface area contributed by atoms with Crippen LogP contribution < -0.4 is 10.1 Å². The van der Waals surface area contributed by atoms with Crippen LogP contribution in [0.15, 0.2) is 60.9 Å². The van der Waals surface area contributed by atoms with Gasteiger partial charge in [0.2, 0.25) is 0 Å². The fraction of sp³-hybridized carbons (Fsp3) is 0.240. The number of halogens is 3. The molecular weight excluding hydrogens is 509 g/mol. The Labute approximate surface area is 218 Å². The van der Waals surface area contributed by atoms with Crippen LogP contribution >= 0.6 is 34.8 Å². The summed E-state index contributed by atoms with van der Waals surface area (Å²) in [4.78, 5) is 12.7.